The van der Waals surface area contributed by atoms with Crippen LogP contribution in [0.4, 0.5) is 4.79 Å². The van der Waals surface area contributed by atoms with Crippen molar-refractivity contribution in [3.05, 3.63) is 0 Å². The van der Waals surface area contributed by atoms with Crippen LogP contribution in [0, 0.1) is 0 Å². The Hall–Kier alpha value is -0.770. The Morgan fingerprint density at radius 2 is 1.85 bits per heavy atom. The second-order valence-electron chi connectivity index (χ2n) is 3.80. The average molecular weight is 185 g/mol. The second-order valence-corrected chi connectivity index (χ2v) is 3.80. The molecule has 0 radical (unpaired) electrons. The zero-order chi connectivity index (χ0) is 10.0. The Bertz CT molecular complexity index is 183. The van der Waals surface area contributed by atoms with Gasteiger partial charge in [-0.15, -0.1) is 0 Å². The van der Waals surface area contributed by atoms with Crippen LogP contribution in [0.25, 0.3) is 0 Å². The van der Waals surface area contributed by atoms with Gasteiger partial charge in [-0.2, -0.15) is 0 Å². The first-order valence-corrected chi connectivity index (χ1v) is 4.86. The highest BCUT2D eigenvalue weighted by Crippen LogP contribution is 2.14. The van der Waals surface area contributed by atoms with Gasteiger partial charge in [0.1, 0.15) is 0 Å². The fraction of sp³-hybridized carbons (Fsp3) is 0.889. The summed E-state index contributed by atoms with van der Waals surface area (Å²) in [5.74, 6) is 0. The third kappa shape index (κ3) is 2.12. The number of carbonyl (C=O) groups is 1. The van der Waals surface area contributed by atoms with Crippen molar-refractivity contribution in [2.75, 3.05) is 19.6 Å². The summed E-state index contributed by atoms with van der Waals surface area (Å²) in [4.78, 5) is 15.2. The monoisotopic (exact) mass is 185 g/mol. The molecule has 1 heterocycles. The van der Waals surface area contributed by atoms with E-state index < -0.39 is 0 Å². The Morgan fingerprint density at radius 1 is 1.38 bits per heavy atom. The van der Waals surface area contributed by atoms with Gasteiger partial charge in [0.15, 0.2) is 0 Å². The van der Waals surface area contributed by atoms with Gasteiger partial charge in [0.25, 0.3) is 0 Å². The highest BCUT2D eigenvalue weighted by atomic mass is 16.2. The molecule has 1 saturated heterocycles. The third-order valence-electron chi connectivity index (χ3n) is 2.70. The van der Waals surface area contributed by atoms with E-state index in [0.29, 0.717) is 0 Å². The van der Waals surface area contributed by atoms with Gasteiger partial charge in [-0.3, -0.25) is 4.90 Å². The van der Waals surface area contributed by atoms with Crippen LogP contribution in [-0.2, 0) is 0 Å². The molecule has 0 bridgehead atoms. The van der Waals surface area contributed by atoms with Crippen molar-refractivity contribution in [2.45, 2.75) is 32.9 Å². The van der Waals surface area contributed by atoms with Crippen molar-refractivity contribution in [2.24, 2.45) is 5.73 Å². The van der Waals surface area contributed by atoms with Crippen molar-refractivity contribution in [1.29, 1.82) is 0 Å². The van der Waals surface area contributed by atoms with Crippen molar-refractivity contribution < 1.29 is 4.79 Å². The average Bonchev–Trinajstić information content (AvgIpc) is 2.02. The second kappa shape index (κ2) is 3.96. The van der Waals surface area contributed by atoms with E-state index in [9.17, 15) is 4.79 Å². The van der Waals surface area contributed by atoms with Crippen molar-refractivity contribution >= 4 is 6.03 Å². The van der Waals surface area contributed by atoms with Crippen LogP contribution in [0.5, 0.6) is 0 Å². The number of amides is 2. The lowest BCUT2D eigenvalue weighted by atomic mass is 10.1. The minimum Gasteiger partial charge on any atom is -0.351 e. The summed E-state index contributed by atoms with van der Waals surface area (Å²) in [6.45, 7) is 9.14. The molecule has 76 valence electrons. The number of rotatable bonds is 1. The Kier molecular flexibility index (Phi) is 3.14. The normalized spacial score (nSPS) is 30.5. The van der Waals surface area contributed by atoms with Gasteiger partial charge >= 0.3 is 6.03 Å². The molecule has 1 aliphatic rings. The molecular weight excluding hydrogens is 166 g/mol. The van der Waals surface area contributed by atoms with Crippen molar-refractivity contribution in [3.63, 3.8) is 0 Å². The first-order chi connectivity index (χ1) is 6.06. The number of primary amides is 1. The quantitative estimate of drug-likeness (QED) is 0.646. The Labute approximate surface area is 79.7 Å². The lowest BCUT2D eigenvalue weighted by Gasteiger charge is -2.43. The largest absolute Gasteiger partial charge is 0.351 e. The minimum atomic E-state index is -0.296. The topological polar surface area (TPSA) is 49.6 Å². The molecule has 4 heteroatoms. The standard InChI is InChI=1S/C9H19N3O/c1-4-11-5-7(2)12(9(10)13)8(3)6-11/h7-8H,4-6H2,1-3H3,(H2,10,13). The minimum absolute atomic E-state index is 0.237. The molecule has 2 amide bonds. The van der Waals surface area contributed by atoms with E-state index >= 15 is 0 Å². The molecule has 0 aromatic heterocycles. The van der Waals surface area contributed by atoms with E-state index in [1.54, 1.807) is 4.90 Å². The fourth-order valence-electron chi connectivity index (χ4n) is 2.12. The predicted molar refractivity (Wildman–Crippen MR) is 52.5 cm³/mol. The van der Waals surface area contributed by atoms with E-state index in [0.717, 1.165) is 19.6 Å². The van der Waals surface area contributed by atoms with Crippen LogP contribution in [0.1, 0.15) is 20.8 Å². The van der Waals surface area contributed by atoms with Crippen LogP contribution in [0.3, 0.4) is 0 Å². The SMILES string of the molecule is CCN1CC(C)N(C(N)=O)C(C)C1. The maximum atomic E-state index is 11.1. The molecule has 0 spiro atoms. The molecule has 1 fully saturated rings. The van der Waals surface area contributed by atoms with Gasteiger partial charge in [0.2, 0.25) is 0 Å². The first-order valence-electron chi connectivity index (χ1n) is 4.86. The van der Waals surface area contributed by atoms with E-state index in [4.69, 9.17) is 5.73 Å². The van der Waals surface area contributed by atoms with Crippen LogP contribution >= 0.6 is 0 Å². The molecule has 1 aliphatic heterocycles. The number of hydrogen-bond acceptors (Lipinski definition) is 2. The number of piperazine rings is 1. The number of hydrogen-bond donors (Lipinski definition) is 1. The lowest BCUT2D eigenvalue weighted by molar-refractivity contribution is 0.0711. The Morgan fingerprint density at radius 3 is 2.15 bits per heavy atom. The van der Waals surface area contributed by atoms with Gasteiger partial charge in [-0.1, -0.05) is 6.92 Å². The summed E-state index contributed by atoms with van der Waals surface area (Å²) in [6.07, 6.45) is 0. The fourth-order valence-corrected chi connectivity index (χ4v) is 2.12. The van der Waals surface area contributed by atoms with Crippen LogP contribution < -0.4 is 5.73 Å². The highest BCUT2D eigenvalue weighted by Gasteiger charge is 2.30. The number of carbonyl (C=O) groups excluding carboxylic acids is 1. The molecule has 2 unspecified atom stereocenters. The third-order valence-corrected chi connectivity index (χ3v) is 2.70. The molecule has 2 N–H and O–H groups in total. The summed E-state index contributed by atoms with van der Waals surface area (Å²) in [5.41, 5.74) is 5.30. The first kappa shape index (κ1) is 10.3. The number of likely N-dealkylation sites (N-methyl/N-ethyl adjacent to an activating group) is 1. The number of nitrogens with two attached hydrogens (primary N) is 1. The molecule has 4 nitrogen and oxygen atoms in total. The molecule has 2 atom stereocenters. The van der Waals surface area contributed by atoms with Gasteiger partial charge in [-0.25, -0.2) is 4.79 Å². The number of urea groups is 1. The highest BCUT2D eigenvalue weighted by molar-refractivity contribution is 5.72. The number of nitrogens with zero attached hydrogens (tertiary/aromatic N) is 2. The van der Waals surface area contributed by atoms with Crippen molar-refractivity contribution in [3.8, 4) is 0 Å². The van der Waals surface area contributed by atoms with Gasteiger partial charge in [-0.05, 0) is 20.4 Å². The zero-order valence-corrected chi connectivity index (χ0v) is 8.66. The van der Waals surface area contributed by atoms with Crippen LogP contribution in [0.15, 0.2) is 0 Å². The van der Waals surface area contributed by atoms with E-state index in [1.807, 2.05) is 13.8 Å². The van der Waals surface area contributed by atoms with Crippen LogP contribution in [0.2, 0.25) is 0 Å². The Balaban J connectivity index is 2.64. The summed E-state index contributed by atoms with van der Waals surface area (Å²) in [5, 5.41) is 0. The lowest BCUT2D eigenvalue weighted by Crippen LogP contribution is -2.59. The zero-order valence-electron chi connectivity index (χ0n) is 8.66. The molecular formula is C9H19N3O. The summed E-state index contributed by atoms with van der Waals surface area (Å²) < 4.78 is 0. The van der Waals surface area contributed by atoms with Crippen molar-refractivity contribution in [1.82, 2.24) is 9.80 Å². The van der Waals surface area contributed by atoms with E-state index in [1.165, 1.54) is 0 Å². The van der Waals surface area contributed by atoms with Crippen LogP contribution in [-0.4, -0.2) is 47.5 Å². The molecule has 0 aromatic carbocycles. The van der Waals surface area contributed by atoms with E-state index in [2.05, 4.69) is 11.8 Å². The summed E-state index contributed by atoms with van der Waals surface area (Å²) in [6, 6.07) is 0.179. The molecule has 0 saturated carbocycles. The van der Waals surface area contributed by atoms with Gasteiger partial charge < -0.3 is 10.6 Å². The molecule has 0 aliphatic carbocycles. The molecule has 13 heavy (non-hydrogen) atoms. The smallest absolute Gasteiger partial charge is 0.315 e. The van der Waals surface area contributed by atoms with Gasteiger partial charge in [0, 0.05) is 25.2 Å². The molecule has 1 rings (SSSR count). The maximum Gasteiger partial charge on any atom is 0.315 e. The van der Waals surface area contributed by atoms with E-state index in [-0.39, 0.29) is 18.1 Å². The maximum absolute atomic E-state index is 11.1. The predicted octanol–water partition coefficient (Wildman–Crippen LogP) is 0.480. The molecule has 0 aromatic rings. The summed E-state index contributed by atoms with van der Waals surface area (Å²) in [7, 11) is 0. The summed E-state index contributed by atoms with van der Waals surface area (Å²) >= 11 is 0. The van der Waals surface area contributed by atoms with Gasteiger partial charge in [0.05, 0.1) is 0 Å².